The van der Waals surface area contributed by atoms with E-state index in [0.717, 1.165) is 19.3 Å². The van der Waals surface area contributed by atoms with E-state index in [0.29, 0.717) is 11.0 Å². The number of hydrogen-bond acceptors (Lipinski definition) is 3. The minimum absolute atomic E-state index is 0.0592. The number of aromatic nitrogens is 2. The molecule has 0 bridgehead atoms. The standard InChI is InChI=1S/C19H25N3O2/c1-18(2)9-12(10-19(3,4)11-18)20-16(23)15-17(24)22-14-8-6-5-7-13(14)21-15/h5-8,12H,9-11H2,1-4H3,(H,20,23)(H,22,24). The molecule has 1 amide bonds. The first kappa shape index (κ1) is 16.7. The fourth-order valence-corrected chi connectivity index (χ4v) is 4.39. The van der Waals surface area contributed by atoms with Crippen molar-refractivity contribution in [1.29, 1.82) is 0 Å². The minimum Gasteiger partial charge on any atom is -0.348 e. The largest absolute Gasteiger partial charge is 0.348 e. The first-order valence-electron chi connectivity index (χ1n) is 8.45. The molecule has 0 radical (unpaired) electrons. The molecular formula is C19H25N3O2. The van der Waals surface area contributed by atoms with Gasteiger partial charge in [0, 0.05) is 6.04 Å². The van der Waals surface area contributed by atoms with Crippen molar-refractivity contribution >= 4 is 16.9 Å². The van der Waals surface area contributed by atoms with Crippen LogP contribution in [0.2, 0.25) is 0 Å². The summed E-state index contributed by atoms with van der Waals surface area (Å²) in [6.45, 7) is 8.92. The third kappa shape index (κ3) is 3.50. The molecule has 128 valence electrons. The van der Waals surface area contributed by atoms with Crippen molar-refractivity contribution in [3.63, 3.8) is 0 Å². The lowest BCUT2D eigenvalue weighted by Gasteiger charge is -2.45. The summed E-state index contributed by atoms with van der Waals surface area (Å²) in [5.74, 6) is -0.388. The summed E-state index contributed by atoms with van der Waals surface area (Å²) in [7, 11) is 0. The fourth-order valence-electron chi connectivity index (χ4n) is 4.39. The summed E-state index contributed by atoms with van der Waals surface area (Å²) in [5.41, 5.74) is 1.09. The van der Waals surface area contributed by atoms with E-state index >= 15 is 0 Å². The smallest absolute Gasteiger partial charge is 0.280 e. The number of benzene rings is 1. The van der Waals surface area contributed by atoms with E-state index in [-0.39, 0.29) is 28.5 Å². The van der Waals surface area contributed by atoms with E-state index in [1.54, 1.807) is 12.1 Å². The van der Waals surface area contributed by atoms with E-state index in [2.05, 4.69) is 43.0 Å². The van der Waals surface area contributed by atoms with Gasteiger partial charge in [-0.3, -0.25) is 9.59 Å². The number of carbonyl (C=O) groups is 1. The van der Waals surface area contributed by atoms with E-state index in [9.17, 15) is 9.59 Å². The second kappa shape index (κ2) is 5.72. The minimum atomic E-state index is -0.444. The number of nitrogens with one attached hydrogen (secondary N) is 2. The van der Waals surface area contributed by atoms with Gasteiger partial charge < -0.3 is 10.3 Å². The number of amides is 1. The van der Waals surface area contributed by atoms with Crippen molar-refractivity contribution < 1.29 is 4.79 Å². The quantitative estimate of drug-likeness (QED) is 0.889. The summed E-state index contributed by atoms with van der Waals surface area (Å²) < 4.78 is 0. The molecule has 5 heteroatoms. The molecule has 0 aliphatic heterocycles. The normalized spacial score (nSPS) is 20.0. The molecule has 1 heterocycles. The first-order chi connectivity index (χ1) is 11.2. The summed E-state index contributed by atoms with van der Waals surface area (Å²) >= 11 is 0. The highest BCUT2D eigenvalue weighted by Crippen LogP contribution is 2.45. The van der Waals surface area contributed by atoms with Gasteiger partial charge in [0.2, 0.25) is 0 Å². The van der Waals surface area contributed by atoms with Crippen LogP contribution in [0, 0.1) is 10.8 Å². The number of carbonyl (C=O) groups excluding carboxylic acids is 1. The molecular weight excluding hydrogens is 302 g/mol. The summed E-state index contributed by atoms with van der Waals surface area (Å²) in [4.78, 5) is 31.8. The van der Waals surface area contributed by atoms with Crippen LogP contribution in [-0.4, -0.2) is 21.9 Å². The second-order valence-electron chi connectivity index (χ2n) is 8.52. The molecule has 1 aromatic heterocycles. The Morgan fingerprint density at radius 1 is 1.17 bits per heavy atom. The lowest BCUT2D eigenvalue weighted by molar-refractivity contribution is 0.0709. The van der Waals surface area contributed by atoms with Gasteiger partial charge in [-0.15, -0.1) is 0 Å². The summed E-state index contributed by atoms with van der Waals surface area (Å²) in [6, 6.07) is 7.28. The van der Waals surface area contributed by atoms with E-state index in [1.807, 2.05) is 12.1 Å². The number of aromatic amines is 1. The Bertz CT molecular complexity index is 820. The van der Waals surface area contributed by atoms with Gasteiger partial charge >= 0.3 is 0 Å². The molecule has 1 aliphatic carbocycles. The second-order valence-corrected chi connectivity index (χ2v) is 8.52. The maximum absolute atomic E-state index is 12.6. The zero-order chi connectivity index (χ0) is 17.5. The summed E-state index contributed by atoms with van der Waals surface area (Å²) in [5, 5.41) is 3.03. The van der Waals surface area contributed by atoms with Gasteiger partial charge in [-0.1, -0.05) is 39.8 Å². The highest BCUT2D eigenvalue weighted by atomic mass is 16.2. The molecule has 5 nitrogen and oxygen atoms in total. The van der Waals surface area contributed by atoms with E-state index < -0.39 is 5.56 Å². The van der Waals surface area contributed by atoms with Crippen LogP contribution in [0.1, 0.15) is 57.4 Å². The van der Waals surface area contributed by atoms with Gasteiger partial charge in [-0.25, -0.2) is 4.98 Å². The van der Waals surface area contributed by atoms with Crippen LogP contribution >= 0.6 is 0 Å². The zero-order valence-corrected chi connectivity index (χ0v) is 14.8. The molecule has 0 saturated heterocycles. The molecule has 2 N–H and O–H groups in total. The number of fused-ring (bicyclic) bond motifs is 1. The predicted molar refractivity (Wildman–Crippen MR) is 95.0 cm³/mol. The van der Waals surface area contributed by atoms with Crippen LogP contribution in [0.25, 0.3) is 11.0 Å². The fraction of sp³-hybridized carbons (Fsp3) is 0.526. The summed E-state index contributed by atoms with van der Waals surface area (Å²) in [6.07, 6.45) is 2.95. The Labute approximate surface area is 141 Å². The topological polar surface area (TPSA) is 74.8 Å². The van der Waals surface area contributed by atoms with Crippen molar-refractivity contribution in [1.82, 2.24) is 15.3 Å². The Hall–Kier alpha value is -2.17. The Morgan fingerprint density at radius 3 is 2.46 bits per heavy atom. The highest BCUT2D eigenvalue weighted by Gasteiger charge is 2.39. The zero-order valence-electron chi connectivity index (χ0n) is 14.8. The van der Waals surface area contributed by atoms with Crippen LogP contribution in [0.15, 0.2) is 29.1 Å². The van der Waals surface area contributed by atoms with Crippen LogP contribution < -0.4 is 10.9 Å². The van der Waals surface area contributed by atoms with Crippen molar-refractivity contribution in [2.45, 2.75) is 53.0 Å². The Balaban J connectivity index is 1.85. The molecule has 1 fully saturated rings. The molecule has 1 aliphatic rings. The number of nitrogens with zero attached hydrogens (tertiary/aromatic N) is 1. The van der Waals surface area contributed by atoms with Gasteiger partial charge in [0.1, 0.15) is 0 Å². The third-order valence-electron chi connectivity index (χ3n) is 4.70. The number of para-hydroxylation sites is 2. The lowest BCUT2D eigenvalue weighted by atomic mass is 9.63. The van der Waals surface area contributed by atoms with Gasteiger partial charge in [0.05, 0.1) is 11.0 Å². The molecule has 1 saturated carbocycles. The van der Waals surface area contributed by atoms with E-state index in [4.69, 9.17) is 0 Å². The maximum atomic E-state index is 12.6. The van der Waals surface area contributed by atoms with Crippen LogP contribution in [0.4, 0.5) is 0 Å². The molecule has 24 heavy (non-hydrogen) atoms. The number of H-pyrrole nitrogens is 1. The van der Waals surface area contributed by atoms with Gasteiger partial charge in [0.25, 0.3) is 11.5 Å². The number of rotatable bonds is 2. The van der Waals surface area contributed by atoms with Crippen LogP contribution in [-0.2, 0) is 0 Å². The van der Waals surface area contributed by atoms with Crippen LogP contribution in [0.3, 0.4) is 0 Å². The van der Waals surface area contributed by atoms with Crippen molar-refractivity contribution in [3.05, 3.63) is 40.3 Å². The SMILES string of the molecule is CC1(C)CC(NC(=O)c2nc3ccccc3[nH]c2=O)CC(C)(C)C1. The Morgan fingerprint density at radius 2 is 1.79 bits per heavy atom. The van der Waals surface area contributed by atoms with Crippen molar-refractivity contribution in [3.8, 4) is 0 Å². The molecule has 1 aromatic carbocycles. The van der Waals surface area contributed by atoms with Gasteiger partial charge in [-0.2, -0.15) is 0 Å². The first-order valence-corrected chi connectivity index (χ1v) is 8.45. The average Bonchev–Trinajstić information content (AvgIpc) is 2.42. The Kier molecular flexibility index (Phi) is 3.98. The van der Waals surface area contributed by atoms with Crippen molar-refractivity contribution in [2.24, 2.45) is 10.8 Å². The molecule has 0 atom stereocenters. The average molecular weight is 327 g/mol. The maximum Gasteiger partial charge on any atom is 0.280 e. The highest BCUT2D eigenvalue weighted by molar-refractivity contribution is 5.93. The van der Waals surface area contributed by atoms with E-state index in [1.165, 1.54) is 0 Å². The number of hydrogen-bond donors (Lipinski definition) is 2. The third-order valence-corrected chi connectivity index (χ3v) is 4.70. The predicted octanol–water partition coefficient (Wildman–Crippen LogP) is 3.26. The lowest BCUT2D eigenvalue weighted by Crippen LogP contribution is -2.47. The molecule has 0 unspecified atom stereocenters. The monoisotopic (exact) mass is 327 g/mol. The van der Waals surface area contributed by atoms with Crippen molar-refractivity contribution in [2.75, 3.05) is 0 Å². The molecule has 2 aromatic rings. The molecule has 3 rings (SSSR count). The van der Waals surface area contributed by atoms with Gasteiger partial charge in [0.15, 0.2) is 5.69 Å². The van der Waals surface area contributed by atoms with Gasteiger partial charge in [-0.05, 0) is 42.2 Å². The van der Waals surface area contributed by atoms with Crippen LogP contribution in [0.5, 0.6) is 0 Å². The molecule has 0 spiro atoms.